The summed E-state index contributed by atoms with van der Waals surface area (Å²) < 4.78 is 0. The highest BCUT2D eigenvalue weighted by Gasteiger charge is 2.18. The van der Waals surface area contributed by atoms with Crippen LogP contribution in [0.5, 0.6) is 0 Å². The summed E-state index contributed by atoms with van der Waals surface area (Å²) in [5.41, 5.74) is 2.74. The van der Waals surface area contributed by atoms with Crippen molar-refractivity contribution in [1.82, 2.24) is 35.7 Å². The summed E-state index contributed by atoms with van der Waals surface area (Å²) in [5.74, 6) is 0.318. The SMILES string of the molecule is Cc1[nH]ncc1CNC(=O)[C@H](C)n1nnc(-c2ccccc2)n1. The van der Waals surface area contributed by atoms with Gasteiger partial charge in [0.05, 0.1) is 6.20 Å². The van der Waals surface area contributed by atoms with Crippen LogP contribution in [-0.2, 0) is 11.3 Å². The highest BCUT2D eigenvalue weighted by atomic mass is 16.2. The smallest absolute Gasteiger partial charge is 0.246 e. The van der Waals surface area contributed by atoms with Crippen LogP contribution in [0.15, 0.2) is 36.5 Å². The Kier molecular flexibility index (Phi) is 4.13. The molecule has 8 nitrogen and oxygen atoms in total. The van der Waals surface area contributed by atoms with E-state index in [2.05, 4.69) is 30.9 Å². The fourth-order valence-corrected chi connectivity index (χ4v) is 2.08. The highest BCUT2D eigenvalue weighted by molar-refractivity contribution is 5.79. The highest BCUT2D eigenvalue weighted by Crippen LogP contribution is 2.13. The number of carbonyl (C=O) groups is 1. The standard InChI is InChI=1S/C15H17N7O/c1-10-13(9-17-18-10)8-16-15(23)11(2)22-20-14(19-21-22)12-6-4-3-5-7-12/h3-7,9,11H,8H2,1-2H3,(H,16,23)(H,17,18)/t11-/m0/s1. The number of H-pyrrole nitrogens is 1. The van der Waals surface area contributed by atoms with Crippen molar-refractivity contribution in [2.45, 2.75) is 26.4 Å². The number of carbonyl (C=O) groups excluding carboxylic acids is 1. The van der Waals surface area contributed by atoms with Crippen LogP contribution in [-0.4, -0.2) is 36.3 Å². The number of amides is 1. The lowest BCUT2D eigenvalue weighted by Gasteiger charge is -2.10. The molecule has 1 aromatic carbocycles. The molecule has 1 amide bonds. The molecule has 3 rings (SSSR count). The summed E-state index contributed by atoms with van der Waals surface area (Å²) in [5, 5.41) is 21.9. The topological polar surface area (TPSA) is 101 Å². The van der Waals surface area contributed by atoms with Crippen molar-refractivity contribution in [2.75, 3.05) is 0 Å². The molecule has 0 fully saturated rings. The van der Waals surface area contributed by atoms with Crippen LogP contribution in [0.2, 0.25) is 0 Å². The molecule has 118 valence electrons. The number of rotatable bonds is 5. The van der Waals surface area contributed by atoms with E-state index in [4.69, 9.17) is 0 Å². The van der Waals surface area contributed by atoms with E-state index < -0.39 is 6.04 Å². The molecular formula is C15H17N7O. The number of aromatic amines is 1. The van der Waals surface area contributed by atoms with E-state index in [1.807, 2.05) is 37.3 Å². The Morgan fingerprint density at radius 1 is 1.35 bits per heavy atom. The van der Waals surface area contributed by atoms with E-state index >= 15 is 0 Å². The van der Waals surface area contributed by atoms with Crippen molar-refractivity contribution in [3.8, 4) is 11.4 Å². The molecule has 0 aliphatic carbocycles. The van der Waals surface area contributed by atoms with Gasteiger partial charge in [0.15, 0.2) is 0 Å². The molecule has 23 heavy (non-hydrogen) atoms. The quantitative estimate of drug-likeness (QED) is 0.738. The molecule has 2 heterocycles. The number of tetrazole rings is 1. The maximum Gasteiger partial charge on any atom is 0.246 e. The molecular weight excluding hydrogens is 294 g/mol. The van der Waals surface area contributed by atoms with Crippen molar-refractivity contribution in [3.63, 3.8) is 0 Å². The molecule has 8 heteroatoms. The Hall–Kier alpha value is -3.03. The lowest BCUT2D eigenvalue weighted by molar-refractivity contribution is -0.124. The van der Waals surface area contributed by atoms with Gasteiger partial charge in [-0.15, -0.1) is 10.2 Å². The van der Waals surface area contributed by atoms with E-state index in [-0.39, 0.29) is 5.91 Å². The minimum Gasteiger partial charge on any atom is -0.350 e. The van der Waals surface area contributed by atoms with Gasteiger partial charge in [0.1, 0.15) is 6.04 Å². The summed E-state index contributed by atoms with van der Waals surface area (Å²) in [4.78, 5) is 13.5. The van der Waals surface area contributed by atoms with Crippen molar-refractivity contribution in [3.05, 3.63) is 47.8 Å². The Bertz CT molecular complexity index is 793. The minimum absolute atomic E-state index is 0.178. The molecule has 0 saturated heterocycles. The molecule has 0 saturated carbocycles. The first-order valence-corrected chi connectivity index (χ1v) is 7.26. The average molecular weight is 311 g/mol. The predicted molar refractivity (Wildman–Crippen MR) is 83.1 cm³/mol. The van der Waals surface area contributed by atoms with Crippen LogP contribution >= 0.6 is 0 Å². The second kappa shape index (κ2) is 6.39. The average Bonchev–Trinajstić information content (AvgIpc) is 3.22. The normalized spacial score (nSPS) is 12.1. The van der Waals surface area contributed by atoms with Gasteiger partial charge in [-0.2, -0.15) is 9.90 Å². The van der Waals surface area contributed by atoms with Gasteiger partial charge >= 0.3 is 0 Å². The van der Waals surface area contributed by atoms with Crippen molar-refractivity contribution in [2.24, 2.45) is 0 Å². The van der Waals surface area contributed by atoms with E-state index in [1.165, 1.54) is 4.80 Å². The molecule has 0 unspecified atom stereocenters. The third-order valence-electron chi connectivity index (χ3n) is 3.57. The van der Waals surface area contributed by atoms with Crippen molar-refractivity contribution in [1.29, 1.82) is 0 Å². The lowest BCUT2D eigenvalue weighted by Crippen LogP contribution is -2.31. The fraction of sp³-hybridized carbons (Fsp3) is 0.267. The Morgan fingerprint density at radius 2 is 2.13 bits per heavy atom. The van der Waals surface area contributed by atoms with Gasteiger partial charge in [-0.1, -0.05) is 30.3 Å². The van der Waals surface area contributed by atoms with Crippen LogP contribution in [0.25, 0.3) is 11.4 Å². The number of nitrogens with one attached hydrogen (secondary N) is 2. The number of hydrogen-bond donors (Lipinski definition) is 2. The van der Waals surface area contributed by atoms with E-state index in [0.29, 0.717) is 12.4 Å². The van der Waals surface area contributed by atoms with Gasteiger partial charge < -0.3 is 5.32 Å². The molecule has 0 radical (unpaired) electrons. The zero-order valence-electron chi connectivity index (χ0n) is 12.9. The Labute approximate surface area is 132 Å². The molecule has 3 aromatic rings. The maximum absolute atomic E-state index is 12.2. The van der Waals surface area contributed by atoms with Gasteiger partial charge in [-0.3, -0.25) is 9.89 Å². The molecule has 1 atom stereocenters. The monoisotopic (exact) mass is 311 g/mol. The molecule has 2 N–H and O–H groups in total. The number of hydrogen-bond acceptors (Lipinski definition) is 5. The van der Waals surface area contributed by atoms with Crippen LogP contribution in [0.3, 0.4) is 0 Å². The lowest BCUT2D eigenvalue weighted by atomic mass is 10.2. The van der Waals surface area contributed by atoms with Gasteiger partial charge in [0, 0.05) is 23.4 Å². The molecule has 0 bridgehead atoms. The van der Waals surface area contributed by atoms with Crippen molar-refractivity contribution < 1.29 is 4.79 Å². The number of aromatic nitrogens is 6. The summed E-state index contributed by atoms with van der Waals surface area (Å²) in [7, 11) is 0. The van der Waals surface area contributed by atoms with Crippen LogP contribution in [0.1, 0.15) is 24.2 Å². The van der Waals surface area contributed by atoms with Crippen LogP contribution in [0, 0.1) is 6.92 Å². The van der Waals surface area contributed by atoms with Gasteiger partial charge in [-0.25, -0.2) is 0 Å². The first-order valence-electron chi connectivity index (χ1n) is 7.26. The number of benzene rings is 1. The molecule has 0 aliphatic heterocycles. The van der Waals surface area contributed by atoms with E-state index in [9.17, 15) is 4.79 Å². The number of nitrogens with zero attached hydrogens (tertiary/aromatic N) is 5. The van der Waals surface area contributed by atoms with Crippen molar-refractivity contribution >= 4 is 5.91 Å². The summed E-state index contributed by atoms with van der Waals surface area (Å²) in [6.45, 7) is 4.04. The van der Waals surface area contributed by atoms with Gasteiger partial charge in [0.2, 0.25) is 11.7 Å². The summed E-state index contributed by atoms with van der Waals surface area (Å²) >= 11 is 0. The summed E-state index contributed by atoms with van der Waals surface area (Å²) in [6, 6.07) is 8.97. The Balaban J connectivity index is 1.66. The van der Waals surface area contributed by atoms with E-state index in [0.717, 1.165) is 16.8 Å². The third-order valence-corrected chi connectivity index (χ3v) is 3.57. The second-order valence-corrected chi connectivity index (χ2v) is 5.21. The second-order valence-electron chi connectivity index (χ2n) is 5.21. The third kappa shape index (κ3) is 3.25. The molecule has 0 aliphatic rings. The van der Waals surface area contributed by atoms with E-state index in [1.54, 1.807) is 13.1 Å². The largest absolute Gasteiger partial charge is 0.350 e. The molecule has 2 aromatic heterocycles. The zero-order valence-corrected chi connectivity index (χ0v) is 12.9. The first-order chi connectivity index (χ1) is 11.1. The Morgan fingerprint density at radius 3 is 2.83 bits per heavy atom. The number of aryl methyl sites for hydroxylation is 1. The predicted octanol–water partition coefficient (Wildman–Crippen LogP) is 1.25. The fourth-order valence-electron chi connectivity index (χ4n) is 2.08. The first kappa shape index (κ1) is 14.9. The van der Waals surface area contributed by atoms with Crippen LogP contribution in [0.4, 0.5) is 0 Å². The summed E-state index contributed by atoms with van der Waals surface area (Å²) in [6.07, 6.45) is 1.70. The van der Waals surface area contributed by atoms with Crippen LogP contribution < -0.4 is 5.32 Å². The maximum atomic E-state index is 12.2. The van der Waals surface area contributed by atoms with Gasteiger partial charge in [0.25, 0.3) is 0 Å². The minimum atomic E-state index is -0.549. The van der Waals surface area contributed by atoms with Gasteiger partial charge in [-0.05, 0) is 19.1 Å². The zero-order chi connectivity index (χ0) is 16.2. The molecule has 0 spiro atoms.